The number of piperazine rings is 1. The third-order valence-electron chi connectivity index (χ3n) is 6.63. The van der Waals surface area contributed by atoms with Crippen LogP contribution in [0.2, 0.25) is 5.02 Å². The van der Waals surface area contributed by atoms with E-state index in [-0.39, 0.29) is 23.8 Å². The molecule has 0 saturated carbocycles. The van der Waals surface area contributed by atoms with Crippen LogP contribution in [0.3, 0.4) is 0 Å². The summed E-state index contributed by atoms with van der Waals surface area (Å²) in [7, 11) is 0. The molecule has 0 unspecified atom stereocenters. The maximum Gasteiger partial charge on any atom is 0.410 e. The molecular formula is C25H25ClF3N5O. The molecule has 0 spiro atoms. The summed E-state index contributed by atoms with van der Waals surface area (Å²) in [5.74, 6) is -0.169. The summed E-state index contributed by atoms with van der Waals surface area (Å²) in [4.78, 5) is 16.9. The molecule has 1 amide bonds. The number of carbonyl (C=O) groups excluding carboxylic acids is 1. The van der Waals surface area contributed by atoms with Crippen LogP contribution in [0.1, 0.15) is 40.1 Å². The lowest BCUT2D eigenvalue weighted by molar-refractivity contribution is -0.173. The molecule has 0 aliphatic carbocycles. The SMILES string of the molecule is Cc1ccc([C@H]2C[C@@H](C(F)(F)F)n3nc(C(=O)N4CCN(c5cccc(Cl)c5)CC4)cc3N2)cc1. The van der Waals surface area contributed by atoms with E-state index in [1.54, 1.807) is 11.0 Å². The minimum Gasteiger partial charge on any atom is -0.368 e. The molecule has 2 aliphatic rings. The minimum absolute atomic E-state index is 0.0162. The molecule has 10 heteroatoms. The zero-order chi connectivity index (χ0) is 24.7. The van der Waals surface area contributed by atoms with Crippen LogP contribution in [-0.4, -0.2) is 52.9 Å². The van der Waals surface area contributed by atoms with Gasteiger partial charge in [0, 0.05) is 49.4 Å². The molecule has 2 aromatic carbocycles. The average Bonchev–Trinajstić information content (AvgIpc) is 3.27. The van der Waals surface area contributed by atoms with Gasteiger partial charge >= 0.3 is 6.18 Å². The minimum atomic E-state index is -4.49. The Labute approximate surface area is 206 Å². The van der Waals surface area contributed by atoms with Crippen molar-refractivity contribution in [1.82, 2.24) is 14.7 Å². The van der Waals surface area contributed by atoms with Crippen molar-refractivity contribution in [1.29, 1.82) is 0 Å². The van der Waals surface area contributed by atoms with Crippen LogP contribution in [0.15, 0.2) is 54.6 Å². The number of anilines is 2. The predicted molar refractivity (Wildman–Crippen MR) is 129 cm³/mol. The van der Waals surface area contributed by atoms with E-state index in [2.05, 4.69) is 15.3 Å². The summed E-state index contributed by atoms with van der Waals surface area (Å²) in [5, 5.41) is 7.91. The summed E-state index contributed by atoms with van der Waals surface area (Å²) >= 11 is 6.09. The molecule has 3 heterocycles. The second-order valence-electron chi connectivity index (χ2n) is 9.02. The Morgan fingerprint density at radius 3 is 2.43 bits per heavy atom. The van der Waals surface area contributed by atoms with Crippen LogP contribution in [0, 0.1) is 6.92 Å². The smallest absolute Gasteiger partial charge is 0.368 e. The third-order valence-corrected chi connectivity index (χ3v) is 6.86. The summed E-state index contributed by atoms with van der Waals surface area (Å²) in [6.07, 6.45) is -4.69. The molecule has 1 saturated heterocycles. The van der Waals surface area contributed by atoms with Crippen molar-refractivity contribution in [2.45, 2.75) is 31.6 Å². The maximum atomic E-state index is 14.0. The first-order chi connectivity index (χ1) is 16.7. The molecule has 6 nitrogen and oxygen atoms in total. The Morgan fingerprint density at radius 1 is 1.06 bits per heavy atom. The van der Waals surface area contributed by atoms with E-state index < -0.39 is 18.3 Å². The molecule has 5 rings (SSSR count). The van der Waals surface area contributed by atoms with Gasteiger partial charge in [-0.1, -0.05) is 47.5 Å². The lowest BCUT2D eigenvalue weighted by Gasteiger charge is -2.35. The quantitative estimate of drug-likeness (QED) is 0.515. The fourth-order valence-corrected chi connectivity index (χ4v) is 4.88. The second kappa shape index (κ2) is 9.11. The zero-order valence-electron chi connectivity index (χ0n) is 19.1. The molecule has 0 radical (unpaired) electrons. The fourth-order valence-electron chi connectivity index (χ4n) is 4.70. The van der Waals surface area contributed by atoms with Crippen molar-refractivity contribution in [2.75, 3.05) is 36.4 Å². The van der Waals surface area contributed by atoms with E-state index >= 15 is 0 Å². The lowest BCUT2D eigenvalue weighted by Crippen LogP contribution is -2.49. The highest BCUT2D eigenvalue weighted by Gasteiger charge is 2.47. The van der Waals surface area contributed by atoms with Gasteiger partial charge in [0.1, 0.15) is 5.82 Å². The Kier molecular flexibility index (Phi) is 6.13. The first kappa shape index (κ1) is 23.5. The van der Waals surface area contributed by atoms with Crippen LogP contribution >= 0.6 is 11.6 Å². The fraction of sp³-hybridized carbons (Fsp3) is 0.360. The number of carbonyl (C=O) groups is 1. The summed E-state index contributed by atoms with van der Waals surface area (Å²) in [6, 6.07) is 14.0. The Balaban J connectivity index is 1.34. The summed E-state index contributed by atoms with van der Waals surface area (Å²) < 4.78 is 42.8. The van der Waals surface area contributed by atoms with Gasteiger partial charge in [-0.3, -0.25) is 4.79 Å². The summed E-state index contributed by atoms with van der Waals surface area (Å²) in [6.45, 7) is 4.00. The van der Waals surface area contributed by atoms with Crippen LogP contribution in [0.25, 0.3) is 0 Å². The number of nitrogens with zero attached hydrogens (tertiary/aromatic N) is 4. The molecule has 1 N–H and O–H groups in total. The van der Waals surface area contributed by atoms with E-state index in [0.29, 0.717) is 31.2 Å². The second-order valence-corrected chi connectivity index (χ2v) is 9.46. The van der Waals surface area contributed by atoms with E-state index in [1.165, 1.54) is 6.07 Å². The Morgan fingerprint density at radius 2 is 1.77 bits per heavy atom. The van der Waals surface area contributed by atoms with Gasteiger partial charge in [0.25, 0.3) is 5.91 Å². The number of hydrogen-bond acceptors (Lipinski definition) is 4. The van der Waals surface area contributed by atoms with Gasteiger partial charge in [0.15, 0.2) is 11.7 Å². The number of nitrogens with one attached hydrogen (secondary N) is 1. The van der Waals surface area contributed by atoms with Gasteiger partial charge in [-0.05, 0) is 30.7 Å². The standard InChI is InChI=1S/C25H25ClF3N5O/c1-16-5-7-17(8-6-16)20-14-22(25(27,28)29)34-23(30-20)15-21(31-34)24(35)33-11-9-32(10-12-33)19-4-2-3-18(26)13-19/h2-8,13,15,20,22,30H,9-12,14H2,1H3/t20-,22+/m1/s1. The van der Waals surface area contributed by atoms with Gasteiger partial charge in [-0.15, -0.1) is 0 Å². The average molecular weight is 504 g/mol. The van der Waals surface area contributed by atoms with Gasteiger partial charge in [0.2, 0.25) is 0 Å². The number of rotatable bonds is 3. The Hall–Kier alpha value is -3.20. The third kappa shape index (κ3) is 4.82. The van der Waals surface area contributed by atoms with Crippen LogP contribution < -0.4 is 10.2 Å². The normalized spacial score (nSPS) is 20.4. The molecular weight excluding hydrogens is 479 g/mol. The number of amides is 1. The molecule has 184 valence electrons. The molecule has 2 aliphatic heterocycles. The van der Waals surface area contributed by atoms with Crippen LogP contribution in [0.4, 0.5) is 24.7 Å². The number of hydrogen-bond donors (Lipinski definition) is 1. The number of fused-ring (bicyclic) bond motifs is 1. The molecule has 0 bridgehead atoms. The maximum absolute atomic E-state index is 14.0. The van der Waals surface area contributed by atoms with Gasteiger partial charge in [-0.2, -0.15) is 18.3 Å². The van der Waals surface area contributed by atoms with Crippen molar-refractivity contribution >= 4 is 29.0 Å². The highest BCUT2D eigenvalue weighted by atomic mass is 35.5. The van der Waals surface area contributed by atoms with Crippen molar-refractivity contribution in [3.8, 4) is 0 Å². The van der Waals surface area contributed by atoms with Crippen molar-refractivity contribution in [3.63, 3.8) is 0 Å². The molecule has 2 atom stereocenters. The van der Waals surface area contributed by atoms with Gasteiger partial charge < -0.3 is 15.1 Å². The molecule has 35 heavy (non-hydrogen) atoms. The van der Waals surface area contributed by atoms with E-state index in [4.69, 9.17) is 11.6 Å². The Bertz CT molecular complexity index is 1220. The van der Waals surface area contributed by atoms with E-state index in [9.17, 15) is 18.0 Å². The predicted octanol–water partition coefficient (Wildman–Crippen LogP) is 5.47. The molecule has 3 aromatic rings. The van der Waals surface area contributed by atoms with Gasteiger partial charge in [0.05, 0.1) is 6.04 Å². The number of alkyl halides is 3. The van der Waals surface area contributed by atoms with Crippen molar-refractivity contribution in [3.05, 3.63) is 76.4 Å². The highest BCUT2D eigenvalue weighted by molar-refractivity contribution is 6.30. The topological polar surface area (TPSA) is 53.4 Å². The highest BCUT2D eigenvalue weighted by Crippen LogP contribution is 2.43. The number of aryl methyl sites for hydroxylation is 1. The zero-order valence-corrected chi connectivity index (χ0v) is 19.9. The van der Waals surface area contributed by atoms with Crippen molar-refractivity contribution < 1.29 is 18.0 Å². The molecule has 1 fully saturated rings. The van der Waals surface area contributed by atoms with Gasteiger partial charge in [-0.25, -0.2) is 4.68 Å². The lowest BCUT2D eigenvalue weighted by atomic mass is 9.96. The number of halogens is 4. The largest absolute Gasteiger partial charge is 0.410 e. The number of benzene rings is 2. The van der Waals surface area contributed by atoms with Crippen LogP contribution in [0.5, 0.6) is 0 Å². The first-order valence-electron chi connectivity index (χ1n) is 11.5. The summed E-state index contributed by atoms with van der Waals surface area (Å²) in [5.41, 5.74) is 2.79. The van der Waals surface area contributed by atoms with E-state index in [1.807, 2.05) is 49.4 Å². The van der Waals surface area contributed by atoms with E-state index in [0.717, 1.165) is 21.5 Å². The molecule has 1 aromatic heterocycles. The monoisotopic (exact) mass is 503 g/mol. The van der Waals surface area contributed by atoms with Crippen molar-refractivity contribution in [2.24, 2.45) is 0 Å². The first-order valence-corrected chi connectivity index (χ1v) is 11.9. The van der Waals surface area contributed by atoms with Crippen LogP contribution in [-0.2, 0) is 0 Å². The number of aromatic nitrogens is 2.